The molecule has 38 heavy (non-hydrogen) atoms. The van der Waals surface area contributed by atoms with Crippen molar-refractivity contribution in [2.75, 3.05) is 18.5 Å². The number of carbonyl (C=O) groups is 1. The molecule has 196 valence electrons. The van der Waals surface area contributed by atoms with E-state index in [4.69, 9.17) is 14.6 Å². The highest BCUT2D eigenvalue weighted by atomic mass is 16.5. The van der Waals surface area contributed by atoms with Gasteiger partial charge in [-0.15, -0.1) is 0 Å². The van der Waals surface area contributed by atoms with E-state index in [1.54, 1.807) is 0 Å². The zero-order valence-corrected chi connectivity index (χ0v) is 22.3. The lowest BCUT2D eigenvalue weighted by atomic mass is 10.0. The molecule has 0 bridgehead atoms. The van der Waals surface area contributed by atoms with E-state index in [2.05, 4.69) is 37.5 Å². The molecule has 2 atom stereocenters. The standard InChI is InChI=1S/C32H35N3O3/c1-4-37-26-16-12-24(13-17-26)33-32(36)29-20-28(29)30-21-35(25-8-6-5-7-9-25)34-31(30)23-10-14-27(15-11-23)38-19-18-22(2)3/h5-17,21-22,28-29H,4,18-20H2,1-3H3,(H,33,36). The molecule has 0 aliphatic heterocycles. The Morgan fingerprint density at radius 3 is 2.34 bits per heavy atom. The zero-order chi connectivity index (χ0) is 26.5. The molecule has 0 saturated heterocycles. The van der Waals surface area contributed by atoms with Gasteiger partial charge in [0, 0.05) is 34.8 Å². The molecule has 0 spiro atoms. The number of para-hydroxylation sites is 1. The summed E-state index contributed by atoms with van der Waals surface area (Å²) in [5, 5.41) is 8.03. The summed E-state index contributed by atoms with van der Waals surface area (Å²) in [4.78, 5) is 13.1. The monoisotopic (exact) mass is 509 g/mol. The SMILES string of the molecule is CCOc1ccc(NC(=O)C2CC2c2cn(-c3ccccc3)nc2-c2ccc(OCCC(C)C)cc2)cc1. The number of carbonyl (C=O) groups excluding carboxylic acids is 1. The zero-order valence-electron chi connectivity index (χ0n) is 22.3. The van der Waals surface area contributed by atoms with Gasteiger partial charge in [-0.05, 0) is 86.3 Å². The van der Waals surface area contributed by atoms with E-state index in [-0.39, 0.29) is 17.7 Å². The Labute approximate surface area is 224 Å². The fraction of sp³-hybridized carbons (Fsp3) is 0.312. The molecule has 5 rings (SSSR count). The van der Waals surface area contributed by atoms with Gasteiger partial charge in [-0.3, -0.25) is 4.79 Å². The van der Waals surface area contributed by atoms with Crippen LogP contribution in [0, 0.1) is 11.8 Å². The summed E-state index contributed by atoms with van der Waals surface area (Å²) in [5.41, 5.74) is 4.78. The van der Waals surface area contributed by atoms with Crippen molar-refractivity contribution in [1.29, 1.82) is 0 Å². The molecular formula is C32H35N3O3. The first kappa shape index (κ1) is 25.6. The average Bonchev–Trinajstić information content (AvgIpc) is 3.61. The van der Waals surface area contributed by atoms with Crippen LogP contribution in [0.2, 0.25) is 0 Å². The second-order valence-corrected chi connectivity index (χ2v) is 10.2. The molecule has 0 radical (unpaired) electrons. The van der Waals surface area contributed by atoms with Crippen molar-refractivity contribution in [3.05, 3.63) is 90.6 Å². The molecule has 1 fully saturated rings. The molecule has 6 nitrogen and oxygen atoms in total. The van der Waals surface area contributed by atoms with Crippen molar-refractivity contribution in [2.45, 2.75) is 39.5 Å². The Bertz CT molecular complexity index is 1350. The van der Waals surface area contributed by atoms with Gasteiger partial charge in [0.1, 0.15) is 11.5 Å². The highest BCUT2D eigenvalue weighted by molar-refractivity contribution is 5.95. The molecule has 1 heterocycles. The van der Waals surface area contributed by atoms with E-state index in [1.165, 1.54) is 0 Å². The van der Waals surface area contributed by atoms with Crippen molar-refractivity contribution in [1.82, 2.24) is 9.78 Å². The lowest BCUT2D eigenvalue weighted by molar-refractivity contribution is -0.117. The molecule has 1 aliphatic rings. The van der Waals surface area contributed by atoms with Gasteiger partial charge in [0.25, 0.3) is 0 Å². The summed E-state index contributed by atoms with van der Waals surface area (Å²) in [6.07, 6.45) is 3.90. The molecule has 1 aliphatic carbocycles. The fourth-order valence-corrected chi connectivity index (χ4v) is 4.58. The first-order valence-corrected chi connectivity index (χ1v) is 13.4. The summed E-state index contributed by atoms with van der Waals surface area (Å²) in [5.74, 6) is 2.32. The molecule has 4 aromatic rings. The minimum Gasteiger partial charge on any atom is -0.494 e. The number of aromatic nitrogens is 2. The van der Waals surface area contributed by atoms with E-state index in [1.807, 2.05) is 78.3 Å². The number of hydrogen-bond acceptors (Lipinski definition) is 4. The number of nitrogens with zero attached hydrogens (tertiary/aromatic N) is 2. The van der Waals surface area contributed by atoms with E-state index < -0.39 is 0 Å². The van der Waals surface area contributed by atoms with Crippen molar-refractivity contribution < 1.29 is 14.3 Å². The summed E-state index contributed by atoms with van der Waals surface area (Å²) in [6.45, 7) is 7.66. The summed E-state index contributed by atoms with van der Waals surface area (Å²) in [6, 6.07) is 25.7. The minimum atomic E-state index is -0.0904. The maximum Gasteiger partial charge on any atom is 0.228 e. The van der Waals surface area contributed by atoms with E-state index in [0.717, 1.165) is 52.5 Å². The smallest absolute Gasteiger partial charge is 0.228 e. The third-order valence-electron chi connectivity index (χ3n) is 6.81. The average molecular weight is 510 g/mol. The lowest BCUT2D eigenvalue weighted by Gasteiger charge is -2.09. The number of anilines is 1. The van der Waals surface area contributed by atoms with Crippen LogP contribution in [0.1, 0.15) is 45.1 Å². The molecule has 1 saturated carbocycles. The Morgan fingerprint density at radius 2 is 1.66 bits per heavy atom. The third kappa shape index (κ3) is 6.08. The first-order chi connectivity index (χ1) is 18.5. The molecule has 1 aromatic heterocycles. The predicted molar refractivity (Wildman–Crippen MR) is 151 cm³/mol. The minimum absolute atomic E-state index is 0.0338. The van der Waals surface area contributed by atoms with Crippen LogP contribution in [0.15, 0.2) is 85.1 Å². The topological polar surface area (TPSA) is 65.4 Å². The molecule has 3 aromatic carbocycles. The lowest BCUT2D eigenvalue weighted by Crippen LogP contribution is -2.14. The second-order valence-electron chi connectivity index (χ2n) is 10.2. The van der Waals surface area contributed by atoms with Crippen LogP contribution in [-0.4, -0.2) is 28.9 Å². The first-order valence-electron chi connectivity index (χ1n) is 13.4. The number of ether oxygens (including phenoxy) is 2. The molecule has 6 heteroatoms. The van der Waals surface area contributed by atoms with Gasteiger partial charge in [-0.25, -0.2) is 4.68 Å². The normalized spacial score (nSPS) is 16.3. The highest BCUT2D eigenvalue weighted by Gasteiger charge is 2.46. The number of benzene rings is 3. The fourth-order valence-electron chi connectivity index (χ4n) is 4.58. The Kier molecular flexibility index (Phi) is 7.78. The predicted octanol–water partition coefficient (Wildman–Crippen LogP) is 7.11. The van der Waals surface area contributed by atoms with Crippen molar-refractivity contribution in [3.8, 4) is 28.4 Å². The van der Waals surface area contributed by atoms with Crippen molar-refractivity contribution in [3.63, 3.8) is 0 Å². The largest absolute Gasteiger partial charge is 0.494 e. The quantitative estimate of drug-likeness (QED) is 0.234. The molecule has 1 amide bonds. The van der Waals surface area contributed by atoms with Crippen LogP contribution in [-0.2, 0) is 4.79 Å². The molecule has 1 N–H and O–H groups in total. The summed E-state index contributed by atoms with van der Waals surface area (Å²) < 4.78 is 13.3. The van der Waals surface area contributed by atoms with Crippen molar-refractivity contribution >= 4 is 11.6 Å². The second kappa shape index (κ2) is 11.5. The van der Waals surface area contributed by atoms with Crippen LogP contribution in [0.5, 0.6) is 11.5 Å². The third-order valence-corrected chi connectivity index (χ3v) is 6.81. The number of amides is 1. The summed E-state index contributed by atoms with van der Waals surface area (Å²) >= 11 is 0. The van der Waals surface area contributed by atoms with Crippen LogP contribution >= 0.6 is 0 Å². The number of hydrogen-bond donors (Lipinski definition) is 1. The van der Waals surface area contributed by atoms with Gasteiger partial charge in [0.05, 0.1) is 24.6 Å². The van der Waals surface area contributed by atoms with Crippen LogP contribution in [0.3, 0.4) is 0 Å². The Balaban J connectivity index is 1.34. The summed E-state index contributed by atoms with van der Waals surface area (Å²) in [7, 11) is 0. The molecular weight excluding hydrogens is 474 g/mol. The number of rotatable bonds is 11. The Hall–Kier alpha value is -4.06. The van der Waals surface area contributed by atoms with E-state index >= 15 is 0 Å². The van der Waals surface area contributed by atoms with Crippen LogP contribution in [0.4, 0.5) is 5.69 Å². The maximum absolute atomic E-state index is 13.1. The van der Waals surface area contributed by atoms with Gasteiger partial charge in [0.15, 0.2) is 0 Å². The van der Waals surface area contributed by atoms with Gasteiger partial charge < -0.3 is 14.8 Å². The molecule has 2 unspecified atom stereocenters. The van der Waals surface area contributed by atoms with Gasteiger partial charge >= 0.3 is 0 Å². The van der Waals surface area contributed by atoms with Crippen LogP contribution in [0.25, 0.3) is 16.9 Å². The van der Waals surface area contributed by atoms with Gasteiger partial charge in [0.2, 0.25) is 5.91 Å². The highest BCUT2D eigenvalue weighted by Crippen LogP contribution is 2.51. The van der Waals surface area contributed by atoms with E-state index in [0.29, 0.717) is 19.1 Å². The van der Waals surface area contributed by atoms with Gasteiger partial charge in [-0.1, -0.05) is 32.0 Å². The van der Waals surface area contributed by atoms with Crippen LogP contribution < -0.4 is 14.8 Å². The maximum atomic E-state index is 13.1. The number of nitrogens with one attached hydrogen (secondary N) is 1. The van der Waals surface area contributed by atoms with E-state index in [9.17, 15) is 4.79 Å². The van der Waals surface area contributed by atoms with Crippen molar-refractivity contribution in [2.24, 2.45) is 11.8 Å². The van der Waals surface area contributed by atoms with Gasteiger partial charge in [-0.2, -0.15) is 5.10 Å². The Morgan fingerprint density at radius 1 is 0.974 bits per heavy atom.